The molecule has 3 rings (SSSR count). The zero-order valence-corrected chi connectivity index (χ0v) is 14.9. The summed E-state index contributed by atoms with van der Waals surface area (Å²) >= 11 is 3.46. The fourth-order valence-corrected chi connectivity index (χ4v) is 2.69. The van der Waals surface area contributed by atoms with Gasteiger partial charge in [-0.3, -0.25) is 10.0 Å². The van der Waals surface area contributed by atoms with Crippen LogP contribution in [0.15, 0.2) is 74.7 Å². The van der Waals surface area contributed by atoms with E-state index >= 15 is 0 Å². The van der Waals surface area contributed by atoms with E-state index < -0.39 is 5.91 Å². The maximum Gasteiger partial charge on any atom is 0.271 e. The number of amides is 1. The molecule has 2 aromatic carbocycles. The van der Waals surface area contributed by atoms with Crippen molar-refractivity contribution in [1.82, 2.24) is 5.43 Å². The maximum absolute atomic E-state index is 12.0. The highest BCUT2D eigenvalue weighted by atomic mass is 79.9. The lowest BCUT2D eigenvalue weighted by Gasteiger charge is -2.21. The molecule has 0 aliphatic rings. The molecule has 0 spiro atoms. The lowest BCUT2D eigenvalue weighted by atomic mass is 10.2. The molecule has 0 fully saturated rings. The molecule has 1 aromatic heterocycles. The van der Waals surface area contributed by atoms with Gasteiger partial charge in [-0.1, -0.05) is 40.2 Å². The number of hydrazone groups is 1. The van der Waals surface area contributed by atoms with Crippen LogP contribution in [-0.4, -0.2) is 17.3 Å². The number of rotatable bonds is 5. The van der Waals surface area contributed by atoms with Crippen LogP contribution in [0.5, 0.6) is 0 Å². The number of anilines is 1. The summed E-state index contributed by atoms with van der Waals surface area (Å²) < 4.78 is 6.58. The molecule has 26 heavy (non-hydrogen) atoms. The Morgan fingerprint density at radius 1 is 1.19 bits per heavy atom. The Morgan fingerprint density at radius 3 is 2.77 bits per heavy atom. The molecule has 1 amide bonds. The van der Waals surface area contributed by atoms with Crippen molar-refractivity contribution in [3.05, 3.63) is 81.7 Å². The fraction of sp³-hybridized carbons (Fsp3) is 0. The van der Waals surface area contributed by atoms with E-state index in [2.05, 4.69) is 26.5 Å². The molecule has 8 heteroatoms. The van der Waals surface area contributed by atoms with Gasteiger partial charge in [0, 0.05) is 15.6 Å². The van der Waals surface area contributed by atoms with E-state index in [4.69, 9.17) is 9.62 Å². The van der Waals surface area contributed by atoms with Crippen LogP contribution in [0.4, 0.5) is 5.69 Å². The summed E-state index contributed by atoms with van der Waals surface area (Å²) in [6, 6.07) is 16.8. The maximum atomic E-state index is 12.0. The van der Waals surface area contributed by atoms with Gasteiger partial charge in [0.25, 0.3) is 5.91 Å². The van der Waals surface area contributed by atoms with Crippen LogP contribution >= 0.6 is 15.9 Å². The van der Waals surface area contributed by atoms with Gasteiger partial charge >= 0.3 is 0 Å². The highest BCUT2D eigenvalue weighted by Crippen LogP contribution is 2.28. The molecule has 0 unspecified atom stereocenters. The largest absolute Gasteiger partial charge is 0.733 e. The normalized spacial score (nSPS) is 10.9. The Balaban J connectivity index is 1.67. The van der Waals surface area contributed by atoms with E-state index in [0.717, 1.165) is 10.0 Å². The number of benzene rings is 2. The molecule has 0 aliphatic heterocycles. The number of nitrogens with zero attached hydrogens (tertiary/aromatic N) is 2. The number of carbonyl (C=O) groups excluding carboxylic acids is 1. The molecule has 2 N–H and O–H groups in total. The van der Waals surface area contributed by atoms with Crippen molar-refractivity contribution in [2.45, 2.75) is 0 Å². The first kappa shape index (κ1) is 17.9. The minimum absolute atomic E-state index is 0.0502. The number of hydrogen-bond donors (Lipinski definition) is 2. The summed E-state index contributed by atoms with van der Waals surface area (Å²) in [6.45, 7) is 0. The van der Waals surface area contributed by atoms with E-state index in [-0.39, 0.29) is 16.5 Å². The van der Waals surface area contributed by atoms with Gasteiger partial charge in [-0.15, -0.1) is 0 Å². The highest BCUT2D eigenvalue weighted by Gasteiger charge is 2.08. The lowest BCUT2D eigenvalue weighted by molar-refractivity contribution is 0.0955. The minimum Gasteiger partial charge on any atom is -0.733 e. The van der Waals surface area contributed by atoms with Gasteiger partial charge in [-0.2, -0.15) is 5.10 Å². The van der Waals surface area contributed by atoms with Crippen molar-refractivity contribution in [2.24, 2.45) is 5.10 Å². The van der Waals surface area contributed by atoms with E-state index in [9.17, 15) is 10.0 Å². The summed E-state index contributed by atoms with van der Waals surface area (Å²) in [4.78, 5) is 12.0. The van der Waals surface area contributed by atoms with Crippen LogP contribution in [0.25, 0.3) is 11.3 Å². The third-order valence-electron chi connectivity index (χ3n) is 3.45. The average molecular weight is 415 g/mol. The molecular weight excluding hydrogens is 402 g/mol. The van der Waals surface area contributed by atoms with Crippen LogP contribution in [0, 0.1) is 5.21 Å². The van der Waals surface area contributed by atoms with Crippen molar-refractivity contribution in [2.75, 3.05) is 5.23 Å². The zero-order valence-electron chi connectivity index (χ0n) is 13.3. The molecular formula is C18H13BrN3O4-. The van der Waals surface area contributed by atoms with Gasteiger partial charge in [-0.05, 0) is 36.4 Å². The minimum atomic E-state index is -0.525. The predicted molar refractivity (Wildman–Crippen MR) is 101 cm³/mol. The Kier molecular flexibility index (Phi) is 5.47. The third kappa shape index (κ3) is 4.17. The summed E-state index contributed by atoms with van der Waals surface area (Å²) in [5, 5.41) is 23.3. The van der Waals surface area contributed by atoms with Crippen molar-refractivity contribution >= 4 is 33.7 Å². The highest BCUT2D eigenvalue weighted by molar-refractivity contribution is 9.10. The number of nitrogens with one attached hydrogen (secondary N) is 1. The standard InChI is InChI=1S/C18H13BrN3O4/c19-16-7-2-1-6-15(16)17-9-8-14(26-17)11-20-21-18(23)12-4-3-5-13(10-12)22(24)25/h1-11,24H,(H,21,23)/q-1. The summed E-state index contributed by atoms with van der Waals surface area (Å²) in [6.07, 6.45) is 1.37. The Bertz CT molecular complexity index is 953. The van der Waals surface area contributed by atoms with Crippen LogP contribution in [-0.2, 0) is 0 Å². The van der Waals surface area contributed by atoms with Crippen LogP contribution < -0.4 is 10.7 Å². The monoisotopic (exact) mass is 414 g/mol. The van der Waals surface area contributed by atoms with Gasteiger partial charge in [0.1, 0.15) is 11.5 Å². The van der Waals surface area contributed by atoms with Gasteiger partial charge in [0.15, 0.2) is 0 Å². The Hall–Kier alpha value is -2.94. The summed E-state index contributed by atoms with van der Waals surface area (Å²) in [5.74, 6) is 0.602. The third-order valence-corrected chi connectivity index (χ3v) is 4.14. The van der Waals surface area contributed by atoms with Gasteiger partial charge < -0.3 is 14.9 Å². The smallest absolute Gasteiger partial charge is 0.271 e. The second-order valence-electron chi connectivity index (χ2n) is 5.20. The molecule has 0 bridgehead atoms. The van der Waals surface area contributed by atoms with Crippen LogP contribution in [0.3, 0.4) is 0 Å². The molecule has 0 aliphatic carbocycles. The van der Waals surface area contributed by atoms with Gasteiger partial charge in [-0.25, -0.2) is 5.43 Å². The number of halogens is 1. The second-order valence-corrected chi connectivity index (χ2v) is 6.06. The number of furan rings is 1. The van der Waals surface area contributed by atoms with Crippen molar-refractivity contribution in [3.63, 3.8) is 0 Å². The van der Waals surface area contributed by atoms with Crippen LogP contribution in [0.2, 0.25) is 0 Å². The van der Waals surface area contributed by atoms with Crippen molar-refractivity contribution in [3.8, 4) is 11.3 Å². The Labute approximate surface area is 157 Å². The quantitative estimate of drug-likeness (QED) is 0.481. The molecule has 0 atom stereocenters. The molecule has 7 nitrogen and oxygen atoms in total. The predicted octanol–water partition coefficient (Wildman–Crippen LogP) is 4.17. The molecule has 0 saturated carbocycles. The number of carbonyl (C=O) groups is 1. The fourth-order valence-electron chi connectivity index (χ4n) is 2.21. The van der Waals surface area contributed by atoms with Gasteiger partial charge in [0.2, 0.25) is 0 Å². The summed E-state index contributed by atoms with van der Waals surface area (Å²) in [7, 11) is 0. The van der Waals surface area contributed by atoms with E-state index in [1.54, 1.807) is 12.1 Å². The van der Waals surface area contributed by atoms with Crippen LogP contribution in [0.1, 0.15) is 16.1 Å². The molecule has 132 valence electrons. The first-order valence-electron chi connectivity index (χ1n) is 7.49. The number of hydrogen-bond acceptors (Lipinski definition) is 6. The summed E-state index contributed by atoms with van der Waals surface area (Å²) in [5.41, 5.74) is 3.37. The van der Waals surface area contributed by atoms with E-state index in [1.165, 1.54) is 30.5 Å². The Morgan fingerprint density at radius 2 is 2.00 bits per heavy atom. The molecule has 0 radical (unpaired) electrons. The molecule has 0 saturated heterocycles. The first-order chi connectivity index (χ1) is 12.5. The second kappa shape index (κ2) is 7.96. The lowest BCUT2D eigenvalue weighted by Crippen LogP contribution is -2.18. The van der Waals surface area contributed by atoms with Crippen molar-refractivity contribution < 1.29 is 14.4 Å². The first-order valence-corrected chi connectivity index (χ1v) is 8.28. The molecule has 3 aromatic rings. The van der Waals surface area contributed by atoms with E-state index in [0.29, 0.717) is 11.5 Å². The molecule has 1 heterocycles. The average Bonchev–Trinajstić information content (AvgIpc) is 3.10. The van der Waals surface area contributed by atoms with E-state index in [1.807, 2.05) is 24.3 Å². The van der Waals surface area contributed by atoms with Gasteiger partial charge in [0.05, 0.1) is 11.9 Å². The SMILES string of the molecule is O=C(NN=Cc1ccc(-c2ccccc2Br)o1)c1cccc(N([O-])O)c1. The topological polar surface area (TPSA) is 101 Å². The van der Waals surface area contributed by atoms with Crippen molar-refractivity contribution in [1.29, 1.82) is 0 Å². The zero-order chi connectivity index (χ0) is 18.5.